The van der Waals surface area contributed by atoms with Gasteiger partial charge in [-0.15, -0.1) is 0 Å². The van der Waals surface area contributed by atoms with Crippen molar-refractivity contribution in [1.82, 2.24) is 9.97 Å². The Morgan fingerprint density at radius 2 is 1.67 bits per heavy atom. The van der Waals surface area contributed by atoms with Gasteiger partial charge in [-0.3, -0.25) is 9.59 Å². The number of aromatic nitrogens is 2. The van der Waals surface area contributed by atoms with Gasteiger partial charge < -0.3 is 15.1 Å². The molecule has 5 nitrogen and oxygen atoms in total. The molecule has 0 saturated heterocycles. The summed E-state index contributed by atoms with van der Waals surface area (Å²) in [5, 5.41) is 9.04. The number of benzene rings is 1. The number of hydrogen-bond acceptors (Lipinski definition) is 3. The molecule has 15 heavy (non-hydrogen) atoms. The number of nitrogens with one attached hydrogen (secondary N) is 2. The molecule has 0 amide bonds. The summed E-state index contributed by atoms with van der Waals surface area (Å²) in [6.07, 6.45) is 0. The first kappa shape index (κ1) is 9.67. The van der Waals surface area contributed by atoms with E-state index in [4.69, 9.17) is 5.11 Å². The van der Waals surface area contributed by atoms with Crippen LogP contribution in [-0.2, 0) is 6.61 Å². The first-order valence-electron chi connectivity index (χ1n) is 4.48. The van der Waals surface area contributed by atoms with Crippen molar-refractivity contribution in [3.8, 4) is 0 Å². The van der Waals surface area contributed by atoms with Gasteiger partial charge in [-0.1, -0.05) is 0 Å². The Morgan fingerprint density at radius 1 is 1.13 bits per heavy atom. The van der Waals surface area contributed by atoms with Crippen molar-refractivity contribution in [2.45, 2.75) is 13.5 Å². The lowest BCUT2D eigenvalue weighted by Crippen LogP contribution is -2.29. The number of aromatic amines is 2. The lowest BCUT2D eigenvalue weighted by molar-refractivity contribution is 0.281. The zero-order valence-electron chi connectivity index (χ0n) is 8.13. The van der Waals surface area contributed by atoms with E-state index in [2.05, 4.69) is 9.97 Å². The predicted octanol–water partition coefficient (Wildman–Crippen LogP) is 0.0171. The standard InChI is InChI=1S/C10H10N2O3/c1-5-2-7-8(3-6(5)4-13)12-10(15)9(14)11-7/h2-3,13H,4H2,1H3,(H,11,14)(H,12,15). The summed E-state index contributed by atoms with van der Waals surface area (Å²) in [7, 11) is 0. The summed E-state index contributed by atoms with van der Waals surface area (Å²) in [5.74, 6) is 0. The number of aliphatic hydroxyl groups is 1. The van der Waals surface area contributed by atoms with Crippen molar-refractivity contribution in [3.05, 3.63) is 44.0 Å². The van der Waals surface area contributed by atoms with Gasteiger partial charge in [-0.05, 0) is 30.2 Å². The van der Waals surface area contributed by atoms with Crippen molar-refractivity contribution >= 4 is 11.0 Å². The number of hydrogen-bond donors (Lipinski definition) is 3. The maximum Gasteiger partial charge on any atom is 0.314 e. The van der Waals surface area contributed by atoms with E-state index < -0.39 is 11.1 Å². The zero-order valence-corrected chi connectivity index (χ0v) is 8.13. The molecule has 0 saturated carbocycles. The van der Waals surface area contributed by atoms with E-state index in [1.807, 2.05) is 6.92 Å². The van der Waals surface area contributed by atoms with Crippen LogP contribution in [0.15, 0.2) is 21.7 Å². The Kier molecular flexibility index (Phi) is 2.17. The van der Waals surface area contributed by atoms with Crippen LogP contribution in [0.3, 0.4) is 0 Å². The molecule has 5 heteroatoms. The van der Waals surface area contributed by atoms with Gasteiger partial charge in [0.25, 0.3) is 0 Å². The van der Waals surface area contributed by atoms with E-state index in [-0.39, 0.29) is 6.61 Å². The van der Waals surface area contributed by atoms with E-state index in [1.165, 1.54) is 0 Å². The van der Waals surface area contributed by atoms with E-state index in [9.17, 15) is 9.59 Å². The first-order valence-corrected chi connectivity index (χ1v) is 4.48. The van der Waals surface area contributed by atoms with Crippen molar-refractivity contribution in [2.75, 3.05) is 0 Å². The third-order valence-electron chi connectivity index (χ3n) is 2.35. The van der Waals surface area contributed by atoms with E-state index in [0.29, 0.717) is 11.0 Å². The molecule has 0 spiro atoms. The Morgan fingerprint density at radius 3 is 2.20 bits per heavy atom. The number of aliphatic hydroxyl groups excluding tert-OH is 1. The second kappa shape index (κ2) is 3.36. The SMILES string of the molecule is Cc1cc2[nH]c(=O)c(=O)[nH]c2cc1CO. The van der Waals surface area contributed by atoms with Crippen LogP contribution in [0.4, 0.5) is 0 Å². The average Bonchev–Trinajstić information content (AvgIpc) is 2.20. The molecule has 2 rings (SSSR count). The van der Waals surface area contributed by atoms with Crippen LogP contribution in [-0.4, -0.2) is 15.1 Å². The molecule has 0 radical (unpaired) electrons. The Labute approximate surface area is 84.4 Å². The van der Waals surface area contributed by atoms with Crippen LogP contribution in [0.5, 0.6) is 0 Å². The Bertz CT molecular complexity index is 625. The minimum atomic E-state index is -0.685. The van der Waals surface area contributed by atoms with Crippen LogP contribution < -0.4 is 11.1 Å². The molecular weight excluding hydrogens is 196 g/mol. The number of aryl methyl sites for hydroxylation is 1. The molecule has 1 aromatic carbocycles. The van der Waals surface area contributed by atoms with Crippen LogP contribution in [0.25, 0.3) is 11.0 Å². The minimum Gasteiger partial charge on any atom is -0.392 e. The Hall–Kier alpha value is -1.88. The molecule has 3 N–H and O–H groups in total. The maximum absolute atomic E-state index is 11.1. The molecule has 0 aliphatic heterocycles. The van der Waals surface area contributed by atoms with Crippen molar-refractivity contribution in [3.63, 3.8) is 0 Å². The molecular formula is C10H10N2O3. The predicted molar refractivity (Wildman–Crippen MR) is 55.8 cm³/mol. The summed E-state index contributed by atoms with van der Waals surface area (Å²) in [6.45, 7) is 1.73. The molecule has 1 heterocycles. The third kappa shape index (κ3) is 1.57. The van der Waals surface area contributed by atoms with Crippen LogP contribution in [0.1, 0.15) is 11.1 Å². The van der Waals surface area contributed by atoms with Crippen LogP contribution >= 0.6 is 0 Å². The minimum absolute atomic E-state index is 0.0943. The average molecular weight is 206 g/mol. The summed E-state index contributed by atoms with van der Waals surface area (Å²) >= 11 is 0. The molecule has 0 unspecified atom stereocenters. The molecule has 0 atom stereocenters. The monoisotopic (exact) mass is 206 g/mol. The third-order valence-corrected chi connectivity index (χ3v) is 2.35. The number of rotatable bonds is 1. The van der Waals surface area contributed by atoms with Crippen LogP contribution in [0.2, 0.25) is 0 Å². The normalized spacial score (nSPS) is 10.8. The highest BCUT2D eigenvalue weighted by Gasteiger charge is 2.03. The number of fused-ring (bicyclic) bond motifs is 1. The first-order chi connectivity index (χ1) is 7.11. The van der Waals surface area contributed by atoms with Gasteiger partial charge in [0.1, 0.15) is 0 Å². The van der Waals surface area contributed by atoms with Gasteiger partial charge >= 0.3 is 11.1 Å². The second-order valence-electron chi connectivity index (χ2n) is 3.39. The summed E-state index contributed by atoms with van der Waals surface area (Å²) in [6, 6.07) is 3.38. The maximum atomic E-state index is 11.1. The largest absolute Gasteiger partial charge is 0.392 e. The quantitative estimate of drug-likeness (QED) is 0.575. The summed E-state index contributed by atoms with van der Waals surface area (Å²) in [4.78, 5) is 27.0. The van der Waals surface area contributed by atoms with Gasteiger partial charge in [-0.2, -0.15) is 0 Å². The van der Waals surface area contributed by atoms with E-state index in [0.717, 1.165) is 11.1 Å². The highest BCUT2D eigenvalue weighted by atomic mass is 16.3. The second-order valence-corrected chi connectivity index (χ2v) is 3.39. The molecule has 0 fully saturated rings. The molecule has 0 bridgehead atoms. The fourth-order valence-corrected chi connectivity index (χ4v) is 1.49. The van der Waals surface area contributed by atoms with Gasteiger partial charge in [0.15, 0.2) is 0 Å². The molecule has 0 aliphatic rings. The van der Waals surface area contributed by atoms with Crippen molar-refractivity contribution in [1.29, 1.82) is 0 Å². The fraction of sp³-hybridized carbons (Fsp3) is 0.200. The highest BCUT2D eigenvalue weighted by molar-refractivity contribution is 5.75. The smallest absolute Gasteiger partial charge is 0.314 e. The topological polar surface area (TPSA) is 86.0 Å². The van der Waals surface area contributed by atoms with Gasteiger partial charge in [0.05, 0.1) is 17.6 Å². The lowest BCUT2D eigenvalue weighted by atomic mass is 10.1. The van der Waals surface area contributed by atoms with Crippen molar-refractivity contribution in [2.24, 2.45) is 0 Å². The molecule has 1 aromatic heterocycles. The fourth-order valence-electron chi connectivity index (χ4n) is 1.49. The van der Waals surface area contributed by atoms with Gasteiger partial charge in [0.2, 0.25) is 0 Å². The van der Waals surface area contributed by atoms with Gasteiger partial charge in [0, 0.05) is 0 Å². The van der Waals surface area contributed by atoms with E-state index >= 15 is 0 Å². The molecule has 78 valence electrons. The summed E-state index contributed by atoms with van der Waals surface area (Å²) < 4.78 is 0. The lowest BCUT2D eigenvalue weighted by Gasteiger charge is -2.04. The number of H-pyrrole nitrogens is 2. The Balaban J connectivity index is 2.88. The molecule has 2 aromatic rings. The van der Waals surface area contributed by atoms with Crippen LogP contribution in [0, 0.1) is 6.92 Å². The van der Waals surface area contributed by atoms with E-state index in [1.54, 1.807) is 12.1 Å². The highest BCUT2D eigenvalue weighted by Crippen LogP contribution is 2.14. The van der Waals surface area contributed by atoms with Crippen molar-refractivity contribution < 1.29 is 5.11 Å². The zero-order chi connectivity index (χ0) is 11.0. The summed E-state index contributed by atoms with van der Waals surface area (Å²) in [5.41, 5.74) is 1.33. The van der Waals surface area contributed by atoms with Gasteiger partial charge in [-0.25, -0.2) is 0 Å². The molecule has 0 aliphatic carbocycles.